The molecule has 9 nitrogen and oxygen atoms in total. The van der Waals surface area contributed by atoms with Gasteiger partial charge in [0.1, 0.15) is 17.7 Å². The molecule has 1 aliphatic rings. The topological polar surface area (TPSA) is 122 Å². The molecule has 2 heterocycles. The van der Waals surface area contributed by atoms with Gasteiger partial charge in [-0.05, 0) is 12.1 Å². The smallest absolute Gasteiger partial charge is 0.254 e. The van der Waals surface area contributed by atoms with Gasteiger partial charge in [0.05, 0.1) is 17.7 Å². The zero-order chi connectivity index (χ0) is 17.8. The van der Waals surface area contributed by atoms with E-state index in [-0.39, 0.29) is 6.42 Å². The number of fused-ring (bicyclic) bond motifs is 1. The van der Waals surface area contributed by atoms with Crippen LogP contribution in [0.5, 0.6) is 0 Å². The van der Waals surface area contributed by atoms with Gasteiger partial charge in [-0.3, -0.25) is 14.4 Å². The lowest BCUT2D eigenvalue weighted by atomic mass is 10.1. The van der Waals surface area contributed by atoms with E-state index in [0.29, 0.717) is 28.0 Å². The molecule has 1 aromatic heterocycles. The molecule has 1 atom stereocenters. The number of benzene rings is 1. The molecule has 25 heavy (non-hydrogen) atoms. The number of hydrogen-bond acceptors (Lipinski definition) is 7. The highest BCUT2D eigenvalue weighted by atomic mass is 32.1. The van der Waals surface area contributed by atoms with Crippen molar-refractivity contribution in [3.63, 3.8) is 0 Å². The molecule has 0 saturated carbocycles. The SMILES string of the molecule is COCc1nnc(NC(=O)C[C@H]2NC(=O)c3ccccc3NC2=O)s1. The predicted octanol–water partition coefficient (Wildman–Crippen LogP) is 0.764. The summed E-state index contributed by atoms with van der Waals surface area (Å²) in [5.41, 5.74) is 0.772. The number of nitrogens with zero attached hydrogens (tertiary/aromatic N) is 2. The van der Waals surface area contributed by atoms with E-state index >= 15 is 0 Å². The zero-order valence-electron chi connectivity index (χ0n) is 13.2. The minimum atomic E-state index is -0.980. The Labute approximate surface area is 146 Å². The van der Waals surface area contributed by atoms with Crippen LogP contribution in [0.1, 0.15) is 21.8 Å². The van der Waals surface area contributed by atoms with Crippen LogP contribution in [0.2, 0.25) is 0 Å². The molecule has 0 unspecified atom stereocenters. The standard InChI is InChI=1S/C15H15N5O4S/c1-24-7-12-19-20-15(25-12)18-11(21)6-10-14(23)16-9-5-3-2-4-8(9)13(22)17-10/h2-5,10H,6-7H2,1H3,(H,16,23)(H,17,22)(H,18,20,21)/t10-/m1/s1. The number of ether oxygens (including phenoxy) is 1. The lowest BCUT2D eigenvalue weighted by Gasteiger charge is -2.13. The van der Waals surface area contributed by atoms with Crippen LogP contribution in [0, 0.1) is 0 Å². The number of carbonyl (C=O) groups is 3. The number of rotatable bonds is 5. The van der Waals surface area contributed by atoms with Crippen LogP contribution in [0.3, 0.4) is 0 Å². The Morgan fingerprint density at radius 3 is 2.92 bits per heavy atom. The highest BCUT2D eigenvalue weighted by molar-refractivity contribution is 7.15. The molecule has 0 spiro atoms. The Morgan fingerprint density at radius 2 is 2.12 bits per heavy atom. The van der Waals surface area contributed by atoms with Crippen LogP contribution < -0.4 is 16.0 Å². The molecule has 1 aromatic carbocycles. The number of methoxy groups -OCH3 is 1. The molecule has 0 fully saturated rings. The number of carbonyl (C=O) groups excluding carboxylic acids is 3. The van der Waals surface area contributed by atoms with Gasteiger partial charge in [-0.1, -0.05) is 23.5 Å². The van der Waals surface area contributed by atoms with Crippen molar-refractivity contribution < 1.29 is 19.1 Å². The molecule has 0 bridgehead atoms. The largest absolute Gasteiger partial charge is 0.377 e. The molecule has 130 valence electrons. The molecular formula is C15H15N5O4S. The molecule has 0 radical (unpaired) electrons. The van der Waals surface area contributed by atoms with Crippen molar-refractivity contribution >= 4 is 39.9 Å². The van der Waals surface area contributed by atoms with Crippen LogP contribution in [0.25, 0.3) is 0 Å². The van der Waals surface area contributed by atoms with Crippen molar-refractivity contribution in [3.8, 4) is 0 Å². The van der Waals surface area contributed by atoms with Crippen LogP contribution in [0.15, 0.2) is 24.3 Å². The zero-order valence-corrected chi connectivity index (χ0v) is 14.1. The second kappa shape index (κ2) is 7.36. The first-order valence-corrected chi connectivity index (χ1v) is 8.20. The maximum Gasteiger partial charge on any atom is 0.254 e. The number of para-hydroxylation sites is 1. The summed E-state index contributed by atoms with van der Waals surface area (Å²) in [7, 11) is 1.53. The second-order valence-electron chi connectivity index (χ2n) is 5.25. The monoisotopic (exact) mass is 361 g/mol. The molecule has 3 N–H and O–H groups in total. The molecule has 0 saturated heterocycles. The van der Waals surface area contributed by atoms with Gasteiger partial charge in [0.2, 0.25) is 16.9 Å². The Balaban J connectivity index is 1.65. The van der Waals surface area contributed by atoms with Gasteiger partial charge < -0.3 is 20.7 Å². The summed E-state index contributed by atoms with van der Waals surface area (Å²) in [6.45, 7) is 0.298. The van der Waals surface area contributed by atoms with Gasteiger partial charge in [0, 0.05) is 7.11 Å². The summed E-state index contributed by atoms with van der Waals surface area (Å²) in [4.78, 5) is 36.6. The first-order valence-electron chi connectivity index (χ1n) is 7.38. The molecular weight excluding hydrogens is 346 g/mol. The van der Waals surface area contributed by atoms with Crippen molar-refractivity contribution in [3.05, 3.63) is 34.8 Å². The second-order valence-corrected chi connectivity index (χ2v) is 6.31. The van der Waals surface area contributed by atoms with E-state index < -0.39 is 23.8 Å². The number of anilines is 2. The first kappa shape index (κ1) is 17.0. The summed E-state index contributed by atoms with van der Waals surface area (Å²) >= 11 is 1.18. The van der Waals surface area contributed by atoms with Crippen LogP contribution in [-0.2, 0) is 20.9 Å². The van der Waals surface area contributed by atoms with Gasteiger partial charge in [-0.2, -0.15) is 0 Å². The Morgan fingerprint density at radius 1 is 1.32 bits per heavy atom. The number of hydrogen-bond donors (Lipinski definition) is 3. The average molecular weight is 361 g/mol. The fourth-order valence-electron chi connectivity index (χ4n) is 2.30. The highest BCUT2D eigenvalue weighted by Crippen LogP contribution is 2.20. The van der Waals surface area contributed by atoms with E-state index in [1.54, 1.807) is 24.3 Å². The van der Waals surface area contributed by atoms with Crippen molar-refractivity contribution in [1.29, 1.82) is 0 Å². The first-order chi connectivity index (χ1) is 12.1. The minimum Gasteiger partial charge on any atom is -0.377 e. The van der Waals surface area contributed by atoms with Gasteiger partial charge in [0.15, 0.2) is 0 Å². The summed E-state index contributed by atoms with van der Waals surface area (Å²) < 4.78 is 4.93. The van der Waals surface area contributed by atoms with Gasteiger partial charge in [-0.25, -0.2) is 0 Å². The van der Waals surface area contributed by atoms with Crippen molar-refractivity contribution in [2.45, 2.75) is 19.1 Å². The van der Waals surface area contributed by atoms with Gasteiger partial charge in [-0.15, -0.1) is 10.2 Å². The average Bonchev–Trinajstić information content (AvgIpc) is 2.97. The van der Waals surface area contributed by atoms with E-state index in [1.807, 2.05) is 0 Å². The normalized spacial score (nSPS) is 16.4. The van der Waals surface area contributed by atoms with Crippen LogP contribution in [-0.4, -0.2) is 41.1 Å². The van der Waals surface area contributed by atoms with Crippen LogP contribution in [0.4, 0.5) is 10.8 Å². The van der Waals surface area contributed by atoms with Gasteiger partial charge in [0.25, 0.3) is 5.91 Å². The summed E-state index contributed by atoms with van der Waals surface area (Å²) in [6.07, 6.45) is -0.218. The lowest BCUT2D eigenvalue weighted by molar-refractivity contribution is -0.122. The minimum absolute atomic E-state index is 0.218. The van der Waals surface area contributed by atoms with E-state index in [0.717, 1.165) is 0 Å². The summed E-state index contributed by atoms with van der Waals surface area (Å²) in [5.74, 6) is -1.32. The van der Waals surface area contributed by atoms with Crippen molar-refractivity contribution in [1.82, 2.24) is 15.5 Å². The van der Waals surface area contributed by atoms with E-state index in [9.17, 15) is 14.4 Å². The van der Waals surface area contributed by atoms with E-state index in [1.165, 1.54) is 18.4 Å². The number of amides is 3. The quantitative estimate of drug-likeness (QED) is 0.723. The Bertz CT molecular complexity index is 822. The van der Waals surface area contributed by atoms with Crippen molar-refractivity contribution in [2.75, 3.05) is 17.7 Å². The van der Waals surface area contributed by atoms with E-state index in [2.05, 4.69) is 26.1 Å². The molecule has 2 aromatic rings. The predicted molar refractivity (Wildman–Crippen MR) is 90.2 cm³/mol. The highest BCUT2D eigenvalue weighted by Gasteiger charge is 2.29. The number of aromatic nitrogens is 2. The lowest BCUT2D eigenvalue weighted by Crippen LogP contribution is -2.43. The Kier molecular flexibility index (Phi) is 5.00. The fourth-order valence-corrected chi connectivity index (χ4v) is 3.02. The summed E-state index contributed by atoms with van der Waals surface area (Å²) in [5, 5.41) is 16.4. The Hall–Kier alpha value is -2.85. The maximum atomic E-state index is 12.3. The third-order valence-corrected chi connectivity index (χ3v) is 4.23. The molecule has 10 heteroatoms. The fraction of sp³-hybridized carbons (Fsp3) is 0.267. The van der Waals surface area contributed by atoms with Crippen LogP contribution >= 0.6 is 11.3 Å². The maximum absolute atomic E-state index is 12.3. The third-order valence-electron chi connectivity index (χ3n) is 3.42. The van der Waals surface area contributed by atoms with Crippen molar-refractivity contribution in [2.24, 2.45) is 0 Å². The molecule has 1 aliphatic heterocycles. The molecule has 3 amide bonds. The van der Waals surface area contributed by atoms with E-state index in [4.69, 9.17) is 4.74 Å². The number of nitrogens with one attached hydrogen (secondary N) is 3. The molecule has 3 rings (SSSR count). The van der Waals surface area contributed by atoms with Gasteiger partial charge >= 0.3 is 0 Å². The molecule has 0 aliphatic carbocycles. The summed E-state index contributed by atoms with van der Waals surface area (Å²) in [6, 6.07) is 5.67. The third kappa shape index (κ3) is 3.98.